The van der Waals surface area contributed by atoms with Crippen molar-refractivity contribution in [3.05, 3.63) is 90.5 Å². The third kappa shape index (κ3) is 2.68. The molecule has 0 saturated heterocycles. The molecule has 0 fully saturated rings. The summed E-state index contributed by atoms with van der Waals surface area (Å²) in [5, 5.41) is 0. The molecular formula is C20H14F2. The van der Waals surface area contributed by atoms with Crippen LogP contribution in [-0.2, 0) is 0 Å². The van der Waals surface area contributed by atoms with Crippen LogP contribution in [0.1, 0.15) is 5.56 Å². The summed E-state index contributed by atoms with van der Waals surface area (Å²) < 4.78 is 26.2. The second-order valence-electron chi connectivity index (χ2n) is 4.98. The molecule has 0 saturated carbocycles. The smallest absolute Gasteiger partial charge is 0.123 e. The van der Waals surface area contributed by atoms with E-state index in [2.05, 4.69) is 6.58 Å². The summed E-state index contributed by atoms with van der Waals surface area (Å²) in [6, 6.07) is 18.6. The topological polar surface area (TPSA) is 0 Å². The molecule has 0 spiro atoms. The molecule has 0 amide bonds. The van der Waals surface area contributed by atoms with Gasteiger partial charge in [0.25, 0.3) is 0 Å². The lowest BCUT2D eigenvalue weighted by Gasteiger charge is -2.12. The highest BCUT2D eigenvalue weighted by molar-refractivity contribution is 5.85. The first-order valence-corrected chi connectivity index (χ1v) is 6.96. The molecular weight excluding hydrogens is 278 g/mol. The first-order chi connectivity index (χ1) is 10.7. The van der Waals surface area contributed by atoms with E-state index >= 15 is 0 Å². The van der Waals surface area contributed by atoms with Gasteiger partial charge in [0.15, 0.2) is 0 Å². The van der Waals surface area contributed by atoms with Crippen molar-refractivity contribution in [3.8, 4) is 22.3 Å². The van der Waals surface area contributed by atoms with E-state index in [0.717, 1.165) is 27.8 Å². The van der Waals surface area contributed by atoms with Crippen molar-refractivity contribution in [1.82, 2.24) is 0 Å². The summed E-state index contributed by atoms with van der Waals surface area (Å²) in [4.78, 5) is 0. The van der Waals surface area contributed by atoms with E-state index in [4.69, 9.17) is 0 Å². The molecule has 0 aliphatic rings. The Morgan fingerprint density at radius 1 is 0.636 bits per heavy atom. The first kappa shape index (κ1) is 14.2. The van der Waals surface area contributed by atoms with Crippen LogP contribution >= 0.6 is 0 Å². The van der Waals surface area contributed by atoms with Crippen molar-refractivity contribution in [2.24, 2.45) is 0 Å². The van der Waals surface area contributed by atoms with Gasteiger partial charge >= 0.3 is 0 Å². The van der Waals surface area contributed by atoms with Crippen molar-refractivity contribution in [2.45, 2.75) is 0 Å². The van der Waals surface area contributed by atoms with Crippen LogP contribution in [0.15, 0.2) is 73.3 Å². The molecule has 2 heteroatoms. The van der Waals surface area contributed by atoms with E-state index in [1.807, 2.05) is 18.2 Å². The Hall–Kier alpha value is -2.74. The van der Waals surface area contributed by atoms with E-state index in [1.54, 1.807) is 30.3 Å². The molecule has 22 heavy (non-hydrogen) atoms. The summed E-state index contributed by atoms with van der Waals surface area (Å²) in [6.45, 7) is 3.89. The van der Waals surface area contributed by atoms with E-state index in [0.29, 0.717) is 0 Å². The Balaban J connectivity index is 2.17. The van der Waals surface area contributed by atoms with Crippen LogP contribution < -0.4 is 0 Å². The number of rotatable bonds is 3. The van der Waals surface area contributed by atoms with Gasteiger partial charge in [0.05, 0.1) is 0 Å². The number of hydrogen-bond acceptors (Lipinski definition) is 0. The van der Waals surface area contributed by atoms with Crippen LogP contribution in [0, 0.1) is 11.6 Å². The van der Waals surface area contributed by atoms with Crippen LogP contribution in [0.5, 0.6) is 0 Å². The third-order valence-electron chi connectivity index (χ3n) is 3.62. The fraction of sp³-hybridized carbons (Fsp3) is 0. The molecule has 0 aliphatic heterocycles. The molecule has 0 aromatic heterocycles. The summed E-state index contributed by atoms with van der Waals surface area (Å²) in [7, 11) is 0. The number of hydrogen-bond donors (Lipinski definition) is 0. The lowest BCUT2D eigenvalue weighted by atomic mass is 9.92. The molecule has 108 valence electrons. The molecule has 0 radical (unpaired) electrons. The van der Waals surface area contributed by atoms with Crippen LogP contribution in [0.2, 0.25) is 0 Å². The largest absolute Gasteiger partial charge is 0.207 e. The summed E-state index contributed by atoms with van der Waals surface area (Å²) >= 11 is 0. The monoisotopic (exact) mass is 292 g/mol. The fourth-order valence-electron chi connectivity index (χ4n) is 2.55. The summed E-state index contributed by atoms with van der Waals surface area (Å²) in [5.41, 5.74) is 4.72. The van der Waals surface area contributed by atoms with Gasteiger partial charge < -0.3 is 0 Å². The van der Waals surface area contributed by atoms with Crippen LogP contribution in [0.4, 0.5) is 8.78 Å². The number of halogens is 2. The lowest BCUT2D eigenvalue weighted by Crippen LogP contribution is -1.89. The molecule has 0 aliphatic carbocycles. The molecule has 0 atom stereocenters. The minimum atomic E-state index is -0.265. The van der Waals surface area contributed by atoms with Gasteiger partial charge in [-0.25, -0.2) is 8.78 Å². The molecule has 3 rings (SSSR count). The van der Waals surface area contributed by atoms with E-state index in [-0.39, 0.29) is 11.6 Å². The van der Waals surface area contributed by atoms with E-state index in [9.17, 15) is 8.78 Å². The average Bonchev–Trinajstić information content (AvgIpc) is 2.55. The van der Waals surface area contributed by atoms with Crippen LogP contribution in [0.25, 0.3) is 28.3 Å². The van der Waals surface area contributed by atoms with Gasteiger partial charge in [-0.2, -0.15) is 0 Å². The summed E-state index contributed by atoms with van der Waals surface area (Å²) in [6.07, 6.45) is 1.78. The maximum atomic E-state index is 13.1. The summed E-state index contributed by atoms with van der Waals surface area (Å²) in [5.74, 6) is -0.530. The quantitative estimate of drug-likeness (QED) is 0.560. The van der Waals surface area contributed by atoms with Gasteiger partial charge in [-0.3, -0.25) is 0 Å². The van der Waals surface area contributed by atoms with Crippen LogP contribution in [0.3, 0.4) is 0 Å². The maximum Gasteiger partial charge on any atom is 0.123 e. The second kappa shape index (κ2) is 5.94. The zero-order valence-corrected chi connectivity index (χ0v) is 11.9. The Morgan fingerprint density at radius 3 is 1.41 bits per heavy atom. The fourth-order valence-corrected chi connectivity index (χ4v) is 2.55. The van der Waals surface area contributed by atoms with Crippen molar-refractivity contribution >= 4 is 6.08 Å². The van der Waals surface area contributed by atoms with E-state index in [1.165, 1.54) is 24.3 Å². The predicted molar refractivity (Wildman–Crippen MR) is 87.3 cm³/mol. The lowest BCUT2D eigenvalue weighted by molar-refractivity contribution is 0.627. The predicted octanol–water partition coefficient (Wildman–Crippen LogP) is 5.94. The van der Waals surface area contributed by atoms with Gasteiger partial charge in [0, 0.05) is 0 Å². The van der Waals surface area contributed by atoms with E-state index < -0.39 is 0 Å². The highest BCUT2D eigenvalue weighted by Gasteiger charge is 2.09. The zero-order valence-electron chi connectivity index (χ0n) is 11.9. The zero-order chi connectivity index (χ0) is 15.5. The average molecular weight is 292 g/mol. The van der Waals surface area contributed by atoms with Gasteiger partial charge in [-0.1, -0.05) is 55.1 Å². The highest BCUT2D eigenvalue weighted by Crippen LogP contribution is 2.33. The SMILES string of the molecule is C=Cc1c(-c2ccc(F)cc2)cccc1-c1ccc(F)cc1. The number of benzene rings is 3. The van der Waals surface area contributed by atoms with Crippen molar-refractivity contribution in [3.63, 3.8) is 0 Å². The molecule has 0 bridgehead atoms. The minimum Gasteiger partial charge on any atom is -0.207 e. The normalized spacial score (nSPS) is 10.5. The Morgan fingerprint density at radius 2 is 1.05 bits per heavy atom. The standard InChI is InChI=1S/C20H14F2/c1-2-18-19(14-6-10-16(21)11-7-14)4-3-5-20(18)15-8-12-17(22)13-9-15/h2-13H,1H2. The Labute approximate surface area is 128 Å². The molecule has 0 N–H and O–H groups in total. The van der Waals surface area contributed by atoms with Crippen molar-refractivity contribution < 1.29 is 8.78 Å². The molecule has 3 aromatic rings. The molecule has 3 aromatic carbocycles. The minimum absolute atomic E-state index is 0.265. The van der Waals surface area contributed by atoms with Gasteiger partial charge in [-0.15, -0.1) is 0 Å². The van der Waals surface area contributed by atoms with Gasteiger partial charge in [0.2, 0.25) is 0 Å². The van der Waals surface area contributed by atoms with Gasteiger partial charge in [0.1, 0.15) is 11.6 Å². The molecule has 0 nitrogen and oxygen atoms in total. The van der Waals surface area contributed by atoms with Crippen molar-refractivity contribution in [2.75, 3.05) is 0 Å². The van der Waals surface area contributed by atoms with Crippen LogP contribution in [-0.4, -0.2) is 0 Å². The van der Waals surface area contributed by atoms with Crippen molar-refractivity contribution in [1.29, 1.82) is 0 Å². The Bertz CT molecular complexity index is 736. The first-order valence-electron chi connectivity index (χ1n) is 6.96. The maximum absolute atomic E-state index is 13.1. The molecule has 0 unspecified atom stereocenters. The van der Waals surface area contributed by atoms with Gasteiger partial charge in [-0.05, 0) is 52.1 Å². The highest BCUT2D eigenvalue weighted by atomic mass is 19.1. The molecule has 0 heterocycles. The third-order valence-corrected chi connectivity index (χ3v) is 3.62. The second-order valence-corrected chi connectivity index (χ2v) is 4.98. The Kier molecular flexibility index (Phi) is 3.84.